The first-order valence-electron chi connectivity index (χ1n) is 6.17. The van der Waals surface area contributed by atoms with Gasteiger partial charge in [-0.15, -0.1) is 0 Å². The number of aliphatic hydroxyl groups excluding tert-OH is 1. The minimum atomic E-state index is -3.30. The van der Waals surface area contributed by atoms with Crippen LogP contribution in [-0.4, -0.2) is 50.7 Å². The Labute approximate surface area is 130 Å². The lowest BCUT2D eigenvalue weighted by atomic mass is 10.1. The van der Waals surface area contributed by atoms with Crippen molar-refractivity contribution in [3.05, 3.63) is 22.7 Å². The molecule has 0 saturated carbocycles. The van der Waals surface area contributed by atoms with Crippen LogP contribution in [0.5, 0.6) is 0 Å². The van der Waals surface area contributed by atoms with E-state index in [1.165, 1.54) is 12.3 Å². The van der Waals surface area contributed by atoms with Gasteiger partial charge < -0.3 is 29.2 Å². The number of hydrogen-bond acceptors (Lipinski definition) is 9. The van der Waals surface area contributed by atoms with Crippen LogP contribution in [0, 0.1) is 0 Å². The molecule has 1 fully saturated rings. The highest BCUT2D eigenvalue weighted by Gasteiger charge is 2.46. The van der Waals surface area contributed by atoms with Gasteiger partial charge in [-0.1, -0.05) is 0 Å². The molecule has 0 spiro atoms. The standard InChI is InChI=1S/C10H16N3O7PS/c1-22-18-4-5-8(20-21(16)17)7(14)9(19-5)13-3-2-6(11)12-10(13)15/h2-3,5,7-9,14,21H,4H2,1H3,(H,16,17)(H2,11,12,15)/t5-,7-,8-,9-/m1/s1. The maximum absolute atomic E-state index is 11.8. The molecule has 1 saturated heterocycles. The Morgan fingerprint density at radius 3 is 2.95 bits per heavy atom. The molecule has 4 N–H and O–H groups in total. The van der Waals surface area contributed by atoms with Crippen LogP contribution >= 0.6 is 20.3 Å². The van der Waals surface area contributed by atoms with Crippen LogP contribution in [0.25, 0.3) is 0 Å². The molecule has 0 amide bonds. The molecule has 0 radical (unpaired) electrons. The van der Waals surface area contributed by atoms with Crippen molar-refractivity contribution in [1.82, 2.24) is 9.55 Å². The van der Waals surface area contributed by atoms with Gasteiger partial charge in [-0.2, -0.15) is 4.98 Å². The van der Waals surface area contributed by atoms with Crippen molar-refractivity contribution in [1.29, 1.82) is 0 Å². The molecule has 124 valence electrons. The van der Waals surface area contributed by atoms with Crippen molar-refractivity contribution in [2.75, 3.05) is 18.6 Å². The average molecular weight is 353 g/mol. The van der Waals surface area contributed by atoms with E-state index in [9.17, 15) is 14.5 Å². The summed E-state index contributed by atoms with van der Waals surface area (Å²) < 4.78 is 27.4. The maximum atomic E-state index is 11.8. The summed E-state index contributed by atoms with van der Waals surface area (Å²) in [6, 6.07) is 1.37. The summed E-state index contributed by atoms with van der Waals surface area (Å²) in [5.74, 6) is 0.0317. The van der Waals surface area contributed by atoms with Crippen LogP contribution in [0.3, 0.4) is 0 Å². The number of hydrogen-bond donors (Lipinski definition) is 3. The molecule has 2 heterocycles. The molecule has 1 aromatic heterocycles. The van der Waals surface area contributed by atoms with Gasteiger partial charge in [-0.25, -0.2) is 4.79 Å². The summed E-state index contributed by atoms with van der Waals surface area (Å²) >= 11 is 1.07. The van der Waals surface area contributed by atoms with Gasteiger partial charge in [-0.3, -0.25) is 9.13 Å². The van der Waals surface area contributed by atoms with Gasteiger partial charge in [0.05, 0.1) is 6.61 Å². The molecule has 0 aliphatic carbocycles. The Morgan fingerprint density at radius 1 is 1.64 bits per heavy atom. The van der Waals surface area contributed by atoms with Crippen LogP contribution < -0.4 is 11.4 Å². The third kappa shape index (κ3) is 3.87. The fourth-order valence-corrected chi connectivity index (χ4v) is 2.89. The van der Waals surface area contributed by atoms with E-state index in [4.69, 9.17) is 24.1 Å². The number of aliphatic hydroxyl groups is 1. The van der Waals surface area contributed by atoms with E-state index in [1.54, 1.807) is 6.26 Å². The van der Waals surface area contributed by atoms with E-state index in [1.807, 2.05) is 0 Å². The Balaban J connectivity index is 2.25. The zero-order chi connectivity index (χ0) is 16.3. The van der Waals surface area contributed by atoms with E-state index in [0.717, 1.165) is 16.6 Å². The first-order chi connectivity index (χ1) is 10.4. The third-order valence-electron chi connectivity index (χ3n) is 3.02. The molecule has 1 aliphatic heterocycles. The van der Waals surface area contributed by atoms with Gasteiger partial charge in [0, 0.05) is 12.5 Å². The summed E-state index contributed by atoms with van der Waals surface area (Å²) in [6.07, 6.45) is -1.41. The normalized spacial score (nSPS) is 29.6. The monoisotopic (exact) mass is 353 g/mol. The second-order valence-electron chi connectivity index (χ2n) is 4.40. The van der Waals surface area contributed by atoms with Gasteiger partial charge in [0.25, 0.3) is 0 Å². The van der Waals surface area contributed by atoms with Crippen LogP contribution in [-0.2, 0) is 18.0 Å². The van der Waals surface area contributed by atoms with Crippen LogP contribution in [0.4, 0.5) is 5.82 Å². The van der Waals surface area contributed by atoms with Crippen molar-refractivity contribution in [3.8, 4) is 0 Å². The molecular weight excluding hydrogens is 337 g/mol. The summed E-state index contributed by atoms with van der Waals surface area (Å²) in [5.41, 5.74) is 4.68. The molecule has 12 heteroatoms. The predicted molar refractivity (Wildman–Crippen MR) is 78.4 cm³/mol. The largest absolute Gasteiger partial charge is 0.386 e. The number of anilines is 1. The van der Waals surface area contributed by atoms with Crippen molar-refractivity contribution in [2.45, 2.75) is 24.5 Å². The minimum absolute atomic E-state index is 0.00565. The first kappa shape index (κ1) is 17.4. The Kier molecular flexibility index (Phi) is 5.98. The zero-order valence-corrected chi connectivity index (χ0v) is 13.3. The molecular formula is C10H16N3O7PS. The minimum Gasteiger partial charge on any atom is -0.386 e. The number of aromatic nitrogens is 2. The lowest BCUT2D eigenvalue weighted by molar-refractivity contribution is -0.0492. The first-order valence-corrected chi connectivity index (χ1v) is 8.58. The highest BCUT2D eigenvalue weighted by molar-refractivity contribution is 7.93. The lowest BCUT2D eigenvalue weighted by Gasteiger charge is -2.18. The van der Waals surface area contributed by atoms with Crippen molar-refractivity contribution in [2.24, 2.45) is 0 Å². The fraction of sp³-hybridized carbons (Fsp3) is 0.600. The van der Waals surface area contributed by atoms with E-state index in [0.29, 0.717) is 0 Å². The number of ether oxygens (including phenoxy) is 1. The van der Waals surface area contributed by atoms with Gasteiger partial charge >= 0.3 is 13.9 Å². The van der Waals surface area contributed by atoms with Crippen molar-refractivity contribution < 1.29 is 28.0 Å². The molecule has 0 aromatic carbocycles. The van der Waals surface area contributed by atoms with Crippen molar-refractivity contribution >= 4 is 26.1 Å². The van der Waals surface area contributed by atoms with Gasteiger partial charge in [0.2, 0.25) is 0 Å². The van der Waals surface area contributed by atoms with Crippen LogP contribution in [0.2, 0.25) is 0 Å². The van der Waals surface area contributed by atoms with Crippen LogP contribution in [0.1, 0.15) is 6.23 Å². The predicted octanol–water partition coefficient (Wildman–Crippen LogP) is -0.854. The smallest absolute Gasteiger partial charge is 0.351 e. The maximum Gasteiger partial charge on any atom is 0.351 e. The van der Waals surface area contributed by atoms with E-state index in [2.05, 4.69) is 4.98 Å². The van der Waals surface area contributed by atoms with Gasteiger partial charge in [0.15, 0.2) is 6.23 Å². The quantitative estimate of drug-likeness (QED) is 0.436. The summed E-state index contributed by atoms with van der Waals surface area (Å²) in [6.45, 7) is 0.00565. The summed E-state index contributed by atoms with van der Waals surface area (Å²) in [7, 11) is -3.30. The molecule has 1 aliphatic rings. The lowest BCUT2D eigenvalue weighted by Crippen LogP contribution is -2.37. The van der Waals surface area contributed by atoms with E-state index in [-0.39, 0.29) is 12.4 Å². The number of nitrogens with two attached hydrogens (primary N) is 1. The molecule has 0 bridgehead atoms. The number of rotatable bonds is 6. The summed E-state index contributed by atoms with van der Waals surface area (Å²) in [5, 5.41) is 10.2. The SMILES string of the molecule is CSOC[C@H]1O[C@@H](n2ccc(N)nc2=O)[C@H](O)[C@@H]1O[PH](=O)O. The second kappa shape index (κ2) is 7.55. The highest BCUT2D eigenvalue weighted by atomic mass is 32.2. The molecule has 22 heavy (non-hydrogen) atoms. The number of nitrogens with zero attached hydrogens (tertiary/aromatic N) is 2. The van der Waals surface area contributed by atoms with Gasteiger partial charge in [0.1, 0.15) is 24.1 Å². The number of nitrogen functional groups attached to an aromatic ring is 1. The Bertz CT molecular complexity index is 600. The topological polar surface area (TPSA) is 146 Å². The molecule has 10 nitrogen and oxygen atoms in total. The highest BCUT2D eigenvalue weighted by Crippen LogP contribution is 2.35. The molecule has 1 unspecified atom stereocenters. The molecule has 1 aromatic rings. The van der Waals surface area contributed by atoms with Crippen molar-refractivity contribution in [3.63, 3.8) is 0 Å². The third-order valence-corrected chi connectivity index (χ3v) is 3.87. The zero-order valence-electron chi connectivity index (χ0n) is 11.5. The Hall–Kier alpha value is -0.940. The van der Waals surface area contributed by atoms with Gasteiger partial charge in [-0.05, 0) is 18.1 Å². The fourth-order valence-electron chi connectivity index (χ4n) is 2.10. The molecule has 5 atom stereocenters. The summed E-state index contributed by atoms with van der Waals surface area (Å²) in [4.78, 5) is 24.3. The average Bonchev–Trinajstić information content (AvgIpc) is 2.73. The van der Waals surface area contributed by atoms with Crippen LogP contribution in [0.15, 0.2) is 17.1 Å². The van der Waals surface area contributed by atoms with E-state index < -0.39 is 38.5 Å². The molecule has 2 rings (SSSR count). The second-order valence-corrected chi connectivity index (χ2v) is 5.73. The Morgan fingerprint density at radius 2 is 2.36 bits per heavy atom. The van der Waals surface area contributed by atoms with E-state index >= 15 is 0 Å².